The molecule has 0 aliphatic heterocycles. The number of aliphatic hydroxyl groups is 2. The summed E-state index contributed by atoms with van der Waals surface area (Å²) in [7, 11) is 0. The van der Waals surface area contributed by atoms with Gasteiger partial charge in [0.25, 0.3) is 0 Å². The Hall–Kier alpha value is -0.900. The van der Waals surface area contributed by atoms with Gasteiger partial charge in [0.1, 0.15) is 0 Å². The van der Waals surface area contributed by atoms with Crippen molar-refractivity contribution in [1.82, 2.24) is 0 Å². The minimum atomic E-state index is -0.880. The molecule has 0 saturated heterocycles. The normalized spacial score (nSPS) is 13.9. The van der Waals surface area contributed by atoms with Crippen LogP contribution >= 0.6 is 0 Å². The third kappa shape index (κ3) is 3.30. The first-order valence-corrected chi connectivity index (χ1v) is 5.17. The Morgan fingerprint density at radius 3 is 2.20 bits per heavy atom. The van der Waals surface area contributed by atoms with Crippen LogP contribution < -0.4 is 5.73 Å². The molecule has 0 heterocycles. The van der Waals surface area contributed by atoms with E-state index in [1.165, 1.54) is 5.56 Å². The van der Waals surface area contributed by atoms with Crippen LogP contribution in [0, 0.1) is 0 Å². The molecule has 3 heteroatoms. The molecular weight excluding hydrogens is 190 g/mol. The summed E-state index contributed by atoms with van der Waals surface area (Å²) in [5.74, 6) is 0.232. The predicted octanol–water partition coefficient (Wildman–Crippen LogP) is 0.862. The van der Waals surface area contributed by atoms with Crippen LogP contribution in [0.4, 0.5) is 0 Å². The molecule has 0 radical (unpaired) electrons. The van der Waals surface area contributed by atoms with E-state index in [9.17, 15) is 0 Å². The minimum Gasteiger partial charge on any atom is -0.394 e. The van der Waals surface area contributed by atoms with Crippen LogP contribution in [0.3, 0.4) is 0 Å². The lowest BCUT2D eigenvalue weighted by molar-refractivity contribution is 0.110. The van der Waals surface area contributed by atoms with E-state index in [1.54, 1.807) is 0 Å². The van der Waals surface area contributed by atoms with Gasteiger partial charge in [-0.2, -0.15) is 0 Å². The summed E-state index contributed by atoms with van der Waals surface area (Å²) in [6, 6.07) is 9.97. The number of aliphatic hydroxyl groups excluding tert-OH is 2. The molecular formula is C12H19NO2. The molecule has 1 unspecified atom stereocenters. The fraction of sp³-hybridized carbons (Fsp3) is 0.500. The SMILES string of the molecule is CC(CC(N)(CO)CO)c1ccccc1. The Kier molecular flexibility index (Phi) is 4.27. The molecule has 0 fully saturated rings. The molecule has 0 aliphatic carbocycles. The van der Waals surface area contributed by atoms with E-state index in [4.69, 9.17) is 15.9 Å². The molecule has 4 N–H and O–H groups in total. The summed E-state index contributed by atoms with van der Waals surface area (Å²) in [4.78, 5) is 0. The van der Waals surface area contributed by atoms with Crippen molar-refractivity contribution in [2.45, 2.75) is 24.8 Å². The summed E-state index contributed by atoms with van der Waals surface area (Å²) >= 11 is 0. The van der Waals surface area contributed by atoms with E-state index in [-0.39, 0.29) is 19.1 Å². The Balaban J connectivity index is 2.67. The maximum absolute atomic E-state index is 9.10. The van der Waals surface area contributed by atoms with Crippen LogP contribution in [0.25, 0.3) is 0 Å². The highest BCUT2D eigenvalue weighted by Gasteiger charge is 2.26. The second-order valence-electron chi connectivity index (χ2n) is 4.19. The highest BCUT2D eigenvalue weighted by atomic mass is 16.3. The lowest BCUT2D eigenvalue weighted by Gasteiger charge is -2.28. The van der Waals surface area contributed by atoms with E-state index < -0.39 is 5.54 Å². The topological polar surface area (TPSA) is 66.5 Å². The molecule has 0 bridgehead atoms. The second-order valence-corrected chi connectivity index (χ2v) is 4.19. The van der Waals surface area contributed by atoms with Crippen LogP contribution in [0.2, 0.25) is 0 Å². The fourth-order valence-electron chi connectivity index (χ4n) is 1.69. The Morgan fingerprint density at radius 1 is 1.20 bits per heavy atom. The van der Waals surface area contributed by atoms with E-state index in [1.807, 2.05) is 37.3 Å². The second kappa shape index (κ2) is 5.26. The Bertz CT molecular complexity index is 283. The molecule has 84 valence electrons. The van der Waals surface area contributed by atoms with Crippen molar-refractivity contribution >= 4 is 0 Å². The van der Waals surface area contributed by atoms with Gasteiger partial charge in [-0.05, 0) is 17.9 Å². The Morgan fingerprint density at radius 2 is 1.73 bits per heavy atom. The van der Waals surface area contributed by atoms with Gasteiger partial charge in [-0.1, -0.05) is 37.3 Å². The average molecular weight is 209 g/mol. The van der Waals surface area contributed by atoms with Gasteiger partial charge in [0, 0.05) is 0 Å². The number of hydrogen-bond acceptors (Lipinski definition) is 3. The van der Waals surface area contributed by atoms with Crippen molar-refractivity contribution < 1.29 is 10.2 Å². The lowest BCUT2D eigenvalue weighted by atomic mass is 9.86. The van der Waals surface area contributed by atoms with Gasteiger partial charge in [0.05, 0.1) is 18.8 Å². The monoisotopic (exact) mass is 209 g/mol. The zero-order valence-corrected chi connectivity index (χ0v) is 9.06. The first-order chi connectivity index (χ1) is 7.11. The quantitative estimate of drug-likeness (QED) is 0.674. The smallest absolute Gasteiger partial charge is 0.0633 e. The van der Waals surface area contributed by atoms with Crippen molar-refractivity contribution in [3.05, 3.63) is 35.9 Å². The summed E-state index contributed by atoms with van der Waals surface area (Å²) < 4.78 is 0. The molecule has 1 rings (SSSR count). The molecule has 3 nitrogen and oxygen atoms in total. The van der Waals surface area contributed by atoms with Gasteiger partial charge in [0.15, 0.2) is 0 Å². The summed E-state index contributed by atoms with van der Waals surface area (Å²) in [5, 5.41) is 18.2. The standard InChI is InChI=1S/C12H19NO2/c1-10(7-12(13,8-14)9-15)11-5-3-2-4-6-11/h2-6,10,14-15H,7-9,13H2,1H3. The van der Waals surface area contributed by atoms with Crippen molar-refractivity contribution in [3.63, 3.8) is 0 Å². The molecule has 1 aromatic rings. The van der Waals surface area contributed by atoms with Gasteiger partial charge in [-0.15, -0.1) is 0 Å². The first-order valence-electron chi connectivity index (χ1n) is 5.17. The van der Waals surface area contributed by atoms with Crippen molar-refractivity contribution in [1.29, 1.82) is 0 Å². The molecule has 0 aromatic heterocycles. The van der Waals surface area contributed by atoms with Gasteiger partial charge >= 0.3 is 0 Å². The van der Waals surface area contributed by atoms with Crippen LogP contribution in [0.15, 0.2) is 30.3 Å². The van der Waals surface area contributed by atoms with Crippen molar-refractivity contribution in [2.75, 3.05) is 13.2 Å². The molecule has 0 aliphatic rings. The minimum absolute atomic E-state index is 0.194. The summed E-state index contributed by atoms with van der Waals surface area (Å²) in [6.45, 7) is 1.66. The number of benzene rings is 1. The summed E-state index contributed by atoms with van der Waals surface area (Å²) in [6.07, 6.45) is 0.573. The zero-order chi connectivity index (χ0) is 11.3. The van der Waals surface area contributed by atoms with Gasteiger partial charge in [0.2, 0.25) is 0 Å². The first kappa shape index (κ1) is 12.2. The maximum Gasteiger partial charge on any atom is 0.0633 e. The zero-order valence-electron chi connectivity index (χ0n) is 9.06. The van der Waals surface area contributed by atoms with Crippen LogP contribution in [-0.2, 0) is 0 Å². The van der Waals surface area contributed by atoms with Crippen molar-refractivity contribution in [3.8, 4) is 0 Å². The van der Waals surface area contributed by atoms with Gasteiger partial charge in [-0.3, -0.25) is 0 Å². The van der Waals surface area contributed by atoms with Crippen molar-refractivity contribution in [2.24, 2.45) is 5.73 Å². The fourth-order valence-corrected chi connectivity index (χ4v) is 1.69. The van der Waals surface area contributed by atoms with Gasteiger partial charge < -0.3 is 15.9 Å². The number of nitrogens with two attached hydrogens (primary N) is 1. The maximum atomic E-state index is 9.10. The molecule has 1 aromatic carbocycles. The number of rotatable bonds is 5. The van der Waals surface area contributed by atoms with E-state index in [2.05, 4.69) is 0 Å². The average Bonchev–Trinajstić information content (AvgIpc) is 2.30. The van der Waals surface area contributed by atoms with E-state index >= 15 is 0 Å². The lowest BCUT2D eigenvalue weighted by Crippen LogP contribution is -2.48. The molecule has 1 atom stereocenters. The Labute approximate surface area is 90.5 Å². The van der Waals surface area contributed by atoms with Crippen LogP contribution in [0.5, 0.6) is 0 Å². The van der Waals surface area contributed by atoms with E-state index in [0.29, 0.717) is 6.42 Å². The highest BCUT2D eigenvalue weighted by molar-refractivity contribution is 5.19. The van der Waals surface area contributed by atoms with Crippen LogP contribution in [-0.4, -0.2) is 29.0 Å². The number of hydrogen-bond donors (Lipinski definition) is 3. The third-order valence-electron chi connectivity index (χ3n) is 2.71. The highest BCUT2D eigenvalue weighted by Crippen LogP contribution is 2.23. The third-order valence-corrected chi connectivity index (χ3v) is 2.71. The molecule has 15 heavy (non-hydrogen) atoms. The van der Waals surface area contributed by atoms with Crippen LogP contribution in [0.1, 0.15) is 24.8 Å². The molecule has 0 amide bonds. The summed E-state index contributed by atoms with van der Waals surface area (Å²) in [5.41, 5.74) is 6.13. The largest absolute Gasteiger partial charge is 0.394 e. The van der Waals surface area contributed by atoms with Gasteiger partial charge in [-0.25, -0.2) is 0 Å². The predicted molar refractivity (Wildman–Crippen MR) is 60.6 cm³/mol. The van der Waals surface area contributed by atoms with E-state index in [0.717, 1.165) is 0 Å². The molecule has 0 spiro atoms. The molecule has 0 saturated carbocycles.